The number of nitrogens with one attached hydrogen (secondary N) is 2. The zero-order valence-electron chi connectivity index (χ0n) is 13.6. The summed E-state index contributed by atoms with van der Waals surface area (Å²) in [6.07, 6.45) is 4.08. The molecule has 1 aliphatic carbocycles. The van der Waals surface area contributed by atoms with Crippen molar-refractivity contribution >= 4 is 21.7 Å². The van der Waals surface area contributed by atoms with Crippen molar-refractivity contribution in [2.45, 2.75) is 37.5 Å². The summed E-state index contributed by atoms with van der Waals surface area (Å²) in [4.78, 5) is 20.2. The fourth-order valence-corrected chi connectivity index (χ4v) is 4.11. The number of H-pyrrole nitrogens is 1. The minimum atomic E-state index is -3.80. The average molecular weight is 359 g/mol. The molecule has 2 heterocycles. The summed E-state index contributed by atoms with van der Waals surface area (Å²) in [7, 11) is -3.80. The van der Waals surface area contributed by atoms with Gasteiger partial charge in [-0.25, -0.2) is 18.1 Å². The molecule has 0 saturated heterocycles. The second kappa shape index (κ2) is 5.69. The van der Waals surface area contributed by atoms with E-state index in [9.17, 15) is 13.2 Å². The van der Waals surface area contributed by atoms with Crippen LogP contribution < -0.4 is 10.3 Å². The highest BCUT2D eigenvalue weighted by Gasteiger charge is 2.19. The van der Waals surface area contributed by atoms with Crippen LogP contribution in [-0.4, -0.2) is 28.0 Å². The number of aromatic amines is 1. The number of rotatable bonds is 3. The molecule has 0 spiro atoms. The van der Waals surface area contributed by atoms with E-state index in [1.165, 1.54) is 11.6 Å². The van der Waals surface area contributed by atoms with Gasteiger partial charge in [-0.2, -0.15) is 9.50 Å². The fraction of sp³-hybridized carbons (Fsp3) is 0.312. The van der Waals surface area contributed by atoms with E-state index >= 15 is 0 Å². The van der Waals surface area contributed by atoms with E-state index < -0.39 is 10.0 Å². The summed E-state index contributed by atoms with van der Waals surface area (Å²) >= 11 is 0. The first-order chi connectivity index (χ1) is 11.9. The molecule has 0 aliphatic heterocycles. The maximum absolute atomic E-state index is 12.6. The molecular formula is C16H17N5O3S. The predicted molar refractivity (Wildman–Crippen MR) is 92.2 cm³/mol. The van der Waals surface area contributed by atoms with Crippen molar-refractivity contribution in [3.63, 3.8) is 0 Å². The predicted octanol–water partition coefficient (Wildman–Crippen LogP) is 1.41. The van der Waals surface area contributed by atoms with Gasteiger partial charge in [-0.1, -0.05) is 6.07 Å². The largest absolute Gasteiger partial charge is 0.274 e. The number of benzene rings is 1. The number of nitrogens with zero attached hydrogens (tertiary/aromatic N) is 3. The van der Waals surface area contributed by atoms with Gasteiger partial charge in [0.05, 0.1) is 4.90 Å². The van der Waals surface area contributed by atoms with Gasteiger partial charge in [0.15, 0.2) is 0 Å². The molecule has 0 radical (unpaired) electrons. The SMILES string of the molecule is Cc1cc(=O)n2[nH]c(NS(=O)(=O)c3ccc4c(c3)CCCC4)nc2n1. The summed E-state index contributed by atoms with van der Waals surface area (Å²) in [5.74, 6) is 0.0704. The monoisotopic (exact) mass is 359 g/mol. The average Bonchev–Trinajstić information content (AvgIpc) is 2.96. The molecule has 2 aromatic heterocycles. The van der Waals surface area contributed by atoms with Gasteiger partial charge in [-0.15, -0.1) is 0 Å². The van der Waals surface area contributed by atoms with Crippen LogP contribution in [0.1, 0.15) is 29.7 Å². The van der Waals surface area contributed by atoms with Crippen molar-refractivity contribution in [2.75, 3.05) is 4.72 Å². The van der Waals surface area contributed by atoms with Gasteiger partial charge in [0, 0.05) is 11.8 Å². The van der Waals surface area contributed by atoms with E-state index in [0.29, 0.717) is 5.69 Å². The number of anilines is 1. The molecule has 0 unspecified atom stereocenters. The van der Waals surface area contributed by atoms with Crippen molar-refractivity contribution in [1.29, 1.82) is 0 Å². The van der Waals surface area contributed by atoms with Gasteiger partial charge in [-0.05, 0) is 55.9 Å². The fourth-order valence-electron chi connectivity index (χ4n) is 3.10. The minimum Gasteiger partial charge on any atom is -0.267 e. The second-order valence-electron chi connectivity index (χ2n) is 6.19. The third-order valence-electron chi connectivity index (χ3n) is 4.32. The van der Waals surface area contributed by atoms with Crippen molar-refractivity contribution in [1.82, 2.24) is 19.6 Å². The van der Waals surface area contributed by atoms with Crippen molar-refractivity contribution in [3.8, 4) is 0 Å². The Morgan fingerprint density at radius 2 is 1.88 bits per heavy atom. The normalized spacial score (nSPS) is 14.4. The van der Waals surface area contributed by atoms with Crippen LogP contribution in [-0.2, 0) is 22.9 Å². The lowest BCUT2D eigenvalue weighted by Crippen LogP contribution is -2.17. The maximum atomic E-state index is 12.6. The maximum Gasteiger partial charge on any atom is 0.274 e. The molecule has 2 N–H and O–H groups in total. The highest BCUT2D eigenvalue weighted by molar-refractivity contribution is 7.92. The molecule has 0 atom stereocenters. The third kappa shape index (κ3) is 2.91. The number of fused-ring (bicyclic) bond motifs is 2. The summed E-state index contributed by atoms with van der Waals surface area (Å²) in [6, 6.07) is 6.53. The Bertz CT molecular complexity index is 1130. The molecule has 1 aromatic carbocycles. The van der Waals surface area contributed by atoms with Crippen LogP contribution in [0.25, 0.3) is 5.78 Å². The van der Waals surface area contributed by atoms with Gasteiger partial charge in [0.25, 0.3) is 21.4 Å². The first-order valence-electron chi connectivity index (χ1n) is 8.03. The van der Waals surface area contributed by atoms with E-state index in [-0.39, 0.29) is 22.2 Å². The lowest BCUT2D eigenvalue weighted by molar-refractivity contribution is 0.600. The van der Waals surface area contributed by atoms with Crippen LogP contribution in [0.2, 0.25) is 0 Å². The lowest BCUT2D eigenvalue weighted by atomic mass is 9.92. The summed E-state index contributed by atoms with van der Waals surface area (Å²) in [5, 5.41) is 2.62. The van der Waals surface area contributed by atoms with Crippen LogP contribution in [0.4, 0.5) is 5.95 Å². The molecule has 9 heteroatoms. The van der Waals surface area contributed by atoms with Crippen LogP contribution in [0, 0.1) is 6.92 Å². The van der Waals surface area contributed by atoms with E-state index in [0.717, 1.165) is 35.8 Å². The van der Waals surface area contributed by atoms with Crippen molar-refractivity contribution < 1.29 is 8.42 Å². The Kier molecular flexibility index (Phi) is 3.60. The molecule has 0 saturated carbocycles. The number of sulfonamides is 1. The first kappa shape index (κ1) is 15.8. The smallest absolute Gasteiger partial charge is 0.267 e. The molecule has 3 aromatic rings. The molecule has 130 valence electrons. The second-order valence-corrected chi connectivity index (χ2v) is 7.87. The van der Waals surface area contributed by atoms with Crippen molar-refractivity contribution in [3.05, 3.63) is 51.4 Å². The first-order valence-corrected chi connectivity index (χ1v) is 9.52. The summed E-state index contributed by atoms with van der Waals surface area (Å²) in [6.45, 7) is 1.67. The standard InChI is InChI=1S/C16H17N5O3S/c1-10-8-14(22)21-16(17-10)18-15(19-21)20-25(23,24)13-7-6-11-4-2-3-5-12(11)9-13/h6-9H,2-5H2,1H3,(H2,17,18,19,20). The zero-order valence-corrected chi connectivity index (χ0v) is 14.4. The van der Waals surface area contributed by atoms with Gasteiger partial charge in [0.2, 0.25) is 5.95 Å². The van der Waals surface area contributed by atoms with Gasteiger partial charge >= 0.3 is 0 Å². The topological polar surface area (TPSA) is 109 Å². The van der Waals surface area contributed by atoms with Crippen LogP contribution >= 0.6 is 0 Å². The lowest BCUT2D eigenvalue weighted by Gasteiger charge is -2.16. The molecule has 1 aliphatic rings. The quantitative estimate of drug-likeness (QED) is 0.735. The molecule has 0 bridgehead atoms. The highest BCUT2D eigenvalue weighted by atomic mass is 32.2. The molecule has 0 fully saturated rings. The van der Waals surface area contributed by atoms with Crippen LogP contribution in [0.3, 0.4) is 0 Å². The Balaban J connectivity index is 1.70. The Morgan fingerprint density at radius 3 is 2.68 bits per heavy atom. The summed E-state index contributed by atoms with van der Waals surface area (Å²) < 4.78 is 28.8. The Hall–Kier alpha value is -2.68. The minimum absolute atomic E-state index is 0.0482. The summed E-state index contributed by atoms with van der Waals surface area (Å²) in [5.41, 5.74) is 2.45. The van der Waals surface area contributed by atoms with Crippen LogP contribution in [0.15, 0.2) is 34.0 Å². The highest BCUT2D eigenvalue weighted by Crippen LogP contribution is 2.24. The molecule has 0 amide bonds. The van der Waals surface area contributed by atoms with Gasteiger partial charge in [0.1, 0.15) is 0 Å². The molecule has 4 rings (SSSR count). The van der Waals surface area contributed by atoms with Gasteiger partial charge in [-0.3, -0.25) is 9.89 Å². The number of aromatic nitrogens is 4. The number of aryl methyl sites for hydroxylation is 3. The number of hydrogen-bond acceptors (Lipinski definition) is 5. The van der Waals surface area contributed by atoms with E-state index in [4.69, 9.17) is 0 Å². The van der Waals surface area contributed by atoms with E-state index in [1.54, 1.807) is 19.1 Å². The van der Waals surface area contributed by atoms with Crippen molar-refractivity contribution in [2.24, 2.45) is 0 Å². The van der Waals surface area contributed by atoms with E-state index in [1.807, 2.05) is 6.07 Å². The third-order valence-corrected chi connectivity index (χ3v) is 5.66. The van der Waals surface area contributed by atoms with Gasteiger partial charge < -0.3 is 0 Å². The number of hydrogen-bond donors (Lipinski definition) is 2. The molecule has 25 heavy (non-hydrogen) atoms. The molecular weight excluding hydrogens is 342 g/mol. The van der Waals surface area contributed by atoms with Crippen LogP contribution in [0.5, 0.6) is 0 Å². The Morgan fingerprint density at radius 1 is 1.12 bits per heavy atom. The Labute approximate surface area is 144 Å². The van der Waals surface area contributed by atoms with E-state index in [2.05, 4.69) is 19.8 Å². The zero-order chi connectivity index (χ0) is 17.6. The molecule has 8 nitrogen and oxygen atoms in total.